The summed E-state index contributed by atoms with van der Waals surface area (Å²) < 4.78 is 0. The summed E-state index contributed by atoms with van der Waals surface area (Å²) in [7, 11) is 0. The zero-order valence-corrected chi connectivity index (χ0v) is 14.2. The van der Waals surface area contributed by atoms with E-state index in [1.54, 1.807) is 18.2 Å². The fraction of sp³-hybridized carbons (Fsp3) is 0.500. The molecule has 0 saturated carbocycles. The van der Waals surface area contributed by atoms with Gasteiger partial charge in [-0.3, -0.25) is 24.6 Å². The number of carbonyl (C=O) groups is 3. The molecule has 0 aromatic heterocycles. The smallest absolute Gasteiger partial charge is 0.324 e. The summed E-state index contributed by atoms with van der Waals surface area (Å²) >= 11 is 0. The molecule has 2 aliphatic rings. The Morgan fingerprint density at radius 2 is 1.96 bits per heavy atom. The summed E-state index contributed by atoms with van der Waals surface area (Å²) in [5.74, 6) is -3.84. The SMILES string of the molecule is CCCCN1C(=O)[C@H]2[C@@H](C1=O)[C@@](C)(C(=O)O)N[C@H]2c1ccccc1O. The van der Waals surface area contributed by atoms with Crippen molar-refractivity contribution in [2.45, 2.75) is 38.3 Å². The van der Waals surface area contributed by atoms with Crippen LogP contribution < -0.4 is 5.32 Å². The Kier molecular flexibility index (Phi) is 4.28. The molecule has 0 spiro atoms. The molecular formula is C18H22N2O5. The maximum absolute atomic E-state index is 12.9. The molecule has 7 heteroatoms. The zero-order valence-electron chi connectivity index (χ0n) is 14.2. The van der Waals surface area contributed by atoms with Crippen LogP contribution in [0.4, 0.5) is 0 Å². The number of hydrogen-bond acceptors (Lipinski definition) is 5. The zero-order chi connectivity index (χ0) is 18.4. The normalized spacial score (nSPS) is 31.4. The van der Waals surface area contributed by atoms with Gasteiger partial charge in [0.25, 0.3) is 0 Å². The number of phenolic OH excluding ortho intramolecular Hbond substituents is 1. The van der Waals surface area contributed by atoms with Crippen molar-refractivity contribution in [1.82, 2.24) is 10.2 Å². The lowest BCUT2D eigenvalue weighted by atomic mass is 9.80. The molecule has 0 bridgehead atoms. The second-order valence-corrected chi connectivity index (χ2v) is 6.87. The first-order chi connectivity index (χ1) is 11.8. The van der Waals surface area contributed by atoms with Gasteiger partial charge in [-0.15, -0.1) is 0 Å². The van der Waals surface area contributed by atoms with Crippen molar-refractivity contribution >= 4 is 17.8 Å². The topological polar surface area (TPSA) is 107 Å². The fourth-order valence-electron chi connectivity index (χ4n) is 3.95. The summed E-state index contributed by atoms with van der Waals surface area (Å²) in [5, 5.41) is 22.8. The largest absolute Gasteiger partial charge is 0.508 e. The molecule has 0 unspecified atom stereocenters. The molecule has 7 nitrogen and oxygen atoms in total. The van der Waals surface area contributed by atoms with Crippen LogP contribution in [0.15, 0.2) is 24.3 Å². The Balaban J connectivity index is 2.06. The first-order valence-corrected chi connectivity index (χ1v) is 8.47. The number of likely N-dealkylation sites (tertiary alicyclic amines) is 1. The van der Waals surface area contributed by atoms with Gasteiger partial charge in [-0.1, -0.05) is 31.5 Å². The molecule has 2 amide bonds. The van der Waals surface area contributed by atoms with Crippen LogP contribution in [0, 0.1) is 11.8 Å². The van der Waals surface area contributed by atoms with Crippen LogP contribution in [0.3, 0.4) is 0 Å². The lowest BCUT2D eigenvalue weighted by molar-refractivity contribution is -0.150. The van der Waals surface area contributed by atoms with E-state index in [0.717, 1.165) is 6.42 Å². The summed E-state index contributed by atoms with van der Waals surface area (Å²) in [6, 6.07) is 5.76. The van der Waals surface area contributed by atoms with Crippen LogP contribution in [0.25, 0.3) is 0 Å². The van der Waals surface area contributed by atoms with Crippen LogP contribution in [0.5, 0.6) is 5.75 Å². The number of aliphatic carboxylic acids is 1. The highest BCUT2D eigenvalue weighted by Crippen LogP contribution is 2.50. The highest BCUT2D eigenvalue weighted by atomic mass is 16.4. The van der Waals surface area contributed by atoms with Gasteiger partial charge in [0.15, 0.2) is 0 Å². The molecular weight excluding hydrogens is 324 g/mol. The molecule has 3 rings (SSSR count). The van der Waals surface area contributed by atoms with Crippen LogP contribution in [-0.4, -0.2) is 45.0 Å². The molecule has 134 valence electrons. The number of imide groups is 1. The Hall–Kier alpha value is -2.41. The van der Waals surface area contributed by atoms with Crippen LogP contribution >= 0.6 is 0 Å². The van der Waals surface area contributed by atoms with Crippen LogP contribution in [-0.2, 0) is 14.4 Å². The lowest BCUT2D eigenvalue weighted by Crippen LogP contribution is -2.53. The van der Waals surface area contributed by atoms with Crippen molar-refractivity contribution < 1.29 is 24.6 Å². The van der Waals surface area contributed by atoms with Crippen molar-refractivity contribution in [3.8, 4) is 5.75 Å². The number of unbranched alkanes of at least 4 members (excludes halogenated alkanes) is 1. The van der Waals surface area contributed by atoms with E-state index in [4.69, 9.17) is 0 Å². The first-order valence-electron chi connectivity index (χ1n) is 8.47. The van der Waals surface area contributed by atoms with Crippen molar-refractivity contribution in [1.29, 1.82) is 0 Å². The van der Waals surface area contributed by atoms with E-state index >= 15 is 0 Å². The monoisotopic (exact) mass is 346 g/mol. The molecule has 25 heavy (non-hydrogen) atoms. The van der Waals surface area contributed by atoms with E-state index in [2.05, 4.69) is 5.32 Å². The summed E-state index contributed by atoms with van der Waals surface area (Å²) in [6.07, 6.45) is 1.50. The average molecular weight is 346 g/mol. The maximum atomic E-state index is 12.9. The van der Waals surface area contributed by atoms with Gasteiger partial charge >= 0.3 is 5.97 Å². The number of carboxylic acids is 1. The number of hydrogen-bond donors (Lipinski definition) is 3. The minimum absolute atomic E-state index is 0.0272. The molecule has 2 saturated heterocycles. The van der Waals surface area contributed by atoms with Gasteiger partial charge in [-0.2, -0.15) is 0 Å². The Labute approximate surface area is 145 Å². The van der Waals surface area contributed by atoms with Crippen molar-refractivity contribution in [3.63, 3.8) is 0 Å². The van der Waals surface area contributed by atoms with E-state index in [9.17, 15) is 24.6 Å². The second kappa shape index (κ2) is 6.15. The highest BCUT2D eigenvalue weighted by Gasteiger charge is 2.66. The van der Waals surface area contributed by atoms with Gasteiger partial charge in [-0.05, 0) is 19.4 Å². The highest BCUT2D eigenvalue weighted by molar-refractivity contribution is 6.09. The molecule has 2 fully saturated rings. The number of rotatable bonds is 5. The predicted octanol–water partition coefficient (Wildman–Crippen LogP) is 1.28. The summed E-state index contributed by atoms with van der Waals surface area (Å²) in [5.41, 5.74) is -1.13. The van der Waals surface area contributed by atoms with E-state index < -0.39 is 35.3 Å². The molecule has 0 radical (unpaired) electrons. The average Bonchev–Trinajstić information content (AvgIpc) is 3.02. The Morgan fingerprint density at radius 3 is 2.56 bits per heavy atom. The second-order valence-electron chi connectivity index (χ2n) is 6.87. The number of nitrogens with one attached hydrogen (secondary N) is 1. The van der Waals surface area contributed by atoms with Crippen LogP contribution in [0.2, 0.25) is 0 Å². The molecule has 1 aromatic rings. The van der Waals surface area contributed by atoms with Gasteiger partial charge in [-0.25, -0.2) is 0 Å². The van der Waals surface area contributed by atoms with E-state index in [0.29, 0.717) is 18.5 Å². The third kappa shape index (κ3) is 2.50. The van der Waals surface area contributed by atoms with Crippen molar-refractivity contribution in [2.24, 2.45) is 11.8 Å². The summed E-state index contributed by atoms with van der Waals surface area (Å²) in [6.45, 7) is 3.69. The standard InChI is InChI=1S/C18H22N2O5/c1-3-4-9-20-15(22)12-13(16(20)23)18(2,17(24)25)19-14(12)10-7-5-6-8-11(10)21/h5-8,12-14,19,21H,3-4,9H2,1-2H3,(H,24,25)/t12-,13-,14-,18-/m0/s1. The number of para-hydroxylation sites is 1. The van der Waals surface area contributed by atoms with Crippen molar-refractivity contribution in [3.05, 3.63) is 29.8 Å². The predicted molar refractivity (Wildman–Crippen MR) is 88.6 cm³/mol. The maximum Gasteiger partial charge on any atom is 0.324 e. The minimum Gasteiger partial charge on any atom is -0.508 e. The number of nitrogens with zero attached hydrogens (tertiary/aromatic N) is 1. The third-order valence-corrected chi connectivity index (χ3v) is 5.33. The number of carbonyl (C=O) groups excluding carboxylic acids is 2. The molecule has 1 aromatic carbocycles. The number of carboxylic acid groups (broad SMARTS) is 1. The van der Waals surface area contributed by atoms with Gasteiger partial charge in [0.1, 0.15) is 11.3 Å². The molecule has 0 aliphatic carbocycles. The summed E-state index contributed by atoms with van der Waals surface area (Å²) in [4.78, 5) is 38.8. The van der Waals surface area contributed by atoms with E-state index in [1.165, 1.54) is 17.9 Å². The Morgan fingerprint density at radius 1 is 1.28 bits per heavy atom. The number of amides is 2. The number of fused-ring (bicyclic) bond motifs is 1. The molecule has 2 aliphatic heterocycles. The van der Waals surface area contributed by atoms with Crippen molar-refractivity contribution in [2.75, 3.05) is 6.54 Å². The molecule has 3 N–H and O–H groups in total. The van der Waals surface area contributed by atoms with Crippen LogP contribution in [0.1, 0.15) is 38.3 Å². The number of phenols is 1. The lowest BCUT2D eigenvalue weighted by Gasteiger charge is -2.27. The fourth-order valence-corrected chi connectivity index (χ4v) is 3.95. The minimum atomic E-state index is -1.56. The molecule has 4 atom stereocenters. The number of aromatic hydroxyl groups is 1. The van der Waals surface area contributed by atoms with E-state index in [1.807, 2.05) is 6.92 Å². The number of benzene rings is 1. The third-order valence-electron chi connectivity index (χ3n) is 5.33. The van der Waals surface area contributed by atoms with Gasteiger partial charge in [0.05, 0.1) is 11.8 Å². The van der Waals surface area contributed by atoms with E-state index in [-0.39, 0.29) is 11.7 Å². The molecule has 2 heterocycles. The van der Waals surface area contributed by atoms with Gasteiger partial charge < -0.3 is 10.2 Å². The first kappa shape index (κ1) is 17.4. The van der Waals surface area contributed by atoms with Gasteiger partial charge in [0, 0.05) is 18.2 Å². The van der Waals surface area contributed by atoms with Gasteiger partial charge in [0.2, 0.25) is 11.8 Å². The Bertz CT molecular complexity index is 734. The quantitative estimate of drug-likeness (QED) is 0.694.